The maximum atomic E-state index is 12.2. The maximum absolute atomic E-state index is 12.2. The van der Waals surface area contributed by atoms with Crippen LogP contribution in [0.3, 0.4) is 0 Å². The summed E-state index contributed by atoms with van der Waals surface area (Å²) in [5.41, 5.74) is 0.593. The SMILES string of the molecule is O=C(O)Cc1ccc(S(=O)(=O)CCC2CCCO2)cc1. The van der Waals surface area contributed by atoms with Gasteiger partial charge in [0.05, 0.1) is 23.2 Å². The van der Waals surface area contributed by atoms with E-state index in [9.17, 15) is 13.2 Å². The lowest BCUT2D eigenvalue weighted by Crippen LogP contribution is -2.14. The van der Waals surface area contributed by atoms with Crippen molar-refractivity contribution in [3.8, 4) is 0 Å². The number of ether oxygens (including phenoxy) is 1. The molecule has 1 fully saturated rings. The monoisotopic (exact) mass is 298 g/mol. The average Bonchev–Trinajstić information content (AvgIpc) is 2.89. The number of hydrogen-bond acceptors (Lipinski definition) is 4. The third kappa shape index (κ3) is 4.05. The van der Waals surface area contributed by atoms with E-state index >= 15 is 0 Å². The molecule has 1 aliphatic rings. The number of aliphatic carboxylic acids is 1. The lowest BCUT2D eigenvalue weighted by molar-refractivity contribution is -0.136. The largest absolute Gasteiger partial charge is 0.481 e. The van der Waals surface area contributed by atoms with Gasteiger partial charge in [-0.15, -0.1) is 0 Å². The number of carboxylic acids is 1. The summed E-state index contributed by atoms with van der Waals surface area (Å²) in [6.07, 6.45) is 2.38. The van der Waals surface area contributed by atoms with E-state index in [-0.39, 0.29) is 23.2 Å². The van der Waals surface area contributed by atoms with Crippen molar-refractivity contribution in [2.45, 2.75) is 36.7 Å². The van der Waals surface area contributed by atoms with E-state index in [0.717, 1.165) is 12.8 Å². The summed E-state index contributed by atoms with van der Waals surface area (Å²) in [6.45, 7) is 0.717. The molecule has 0 amide bonds. The molecule has 0 aliphatic carbocycles. The summed E-state index contributed by atoms with van der Waals surface area (Å²) in [6, 6.07) is 6.05. The summed E-state index contributed by atoms with van der Waals surface area (Å²) in [5, 5.41) is 8.67. The molecule has 110 valence electrons. The number of hydrogen-bond donors (Lipinski definition) is 1. The van der Waals surface area contributed by atoms with Crippen LogP contribution in [-0.4, -0.2) is 38.0 Å². The Morgan fingerprint density at radius 3 is 2.55 bits per heavy atom. The molecule has 1 aromatic rings. The summed E-state index contributed by atoms with van der Waals surface area (Å²) in [7, 11) is -3.32. The molecule has 20 heavy (non-hydrogen) atoms. The Kier molecular flexibility index (Phi) is 4.77. The highest BCUT2D eigenvalue weighted by molar-refractivity contribution is 7.91. The van der Waals surface area contributed by atoms with Gasteiger partial charge in [-0.3, -0.25) is 4.79 Å². The summed E-state index contributed by atoms with van der Waals surface area (Å²) in [4.78, 5) is 10.8. The molecular formula is C14H18O5S. The molecule has 0 radical (unpaired) electrons. The molecule has 1 aliphatic heterocycles. The second-order valence-electron chi connectivity index (χ2n) is 4.96. The number of sulfone groups is 1. The highest BCUT2D eigenvalue weighted by Gasteiger charge is 2.21. The van der Waals surface area contributed by atoms with Crippen molar-refractivity contribution in [2.24, 2.45) is 0 Å². The Hall–Kier alpha value is -1.40. The van der Waals surface area contributed by atoms with Crippen LogP contribution in [0.4, 0.5) is 0 Å². The fourth-order valence-corrected chi connectivity index (χ4v) is 3.63. The van der Waals surface area contributed by atoms with Gasteiger partial charge in [0.2, 0.25) is 0 Å². The normalized spacial score (nSPS) is 19.1. The number of carbonyl (C=O) groups is 1. The molecule has 6 heteroatoms. The van der Waals surface area contributed by atoms with Gasteiger partial charge in [0.1, 0.15) is 0 Å². The smallest absolute Gasteiger partial charge is 0.307 e. The average molecular weight is 298 g/mol. The van der Waals surface area contributed by atoms with Gasteiger partial charge in [-0.25, -0.2) is 8.42 Å². The maximum Gasteiger partial charge on any atom is 0.307 e. The molecule has 0 saturated carbocycles. The fourth-order valence-electron chi connectivity index (χ4n) is 2.27. The minimum absolute atomic E-state index is 0.0519. The zero-order valence-electron chi connectivity index (χ0n) is 11.1. The second-order valence-corrected chi connectivity index (χ2v) is 7.07. The Morgan fingerprint density at radius 1 is 1.30 bits per heavy atom. The van der Waals surface area contributed by atoms with E-state index in [4.69, 9.17) is 9.84 Å². The van der Waals surface area contributed by atoms with Crippen LogP contribution < -0.4 is 0 Å². The summed E-state index contributed by atoms with van der Waals surface area (Å²) in [5.74, 6) is -0.866. The van der Waals surface area contributed by atoms with Crippen molar-refractivity contribution >= 4 is 15.8 Å². The predicted molar refractivity (Wildman–Crippen MR) is 73.4 cm³/mol. The number of carboxylic acid groups (broad SMARTS) is 1. The second kappa shape index (κ2) is 6.37. The van der Waals surface area contributed by atoms with Gasteiger partial charge in [0, 0.05) is 6.61 Å². The van der Waals surface area contributed by atoms with E-state index in [1.54, 1.807) is 12.1 Å². The van der Waals surface area contributed by atoms with E-state index in [1.165, 1.54) is 12.1 Å². The van der Waals surface area contributed by atoms with Crippen LogP contribution in [0.25, 0.3) is 0 Å². The van der Waals surface area contributed by atoms with Crippen LogP contribution in [0.5, 0.6) is 0 Å². The van der Waals surface area contributed by atoms with E-state index in [0.29, 0.717) is 18.6 Å². The molecule has 1 N–H and O–H groups in total. The van der Waals surface area contributed by atoms with Crippen LogP contribution in [0.15, 0.2) is 29.2 Å². The lowest BCUT2D eigenvalue weighted by atomic mass is 10.2. The van der Waals surface area contributed by atoms with Crippen LogP contribution in [0.1, 0.15) is 24.8 Å². The molecule has 2 rings (SSSR count). The first-order chi connectivity index (χ1) is 9.47. The molecule has 1 aromatic carbocycles. The van der Waals surface area contributed by atoms with Crippen molar-refractivity contribution in [3.05, 3.63) is 29.8 Å². The summed E-state index contributed by atoms with van der Waals surface area (Å²) < 4.78 is 29.7. The first kappa shape index (κ1) is 15.0. The number of rotatable bonds is 6. The molecule has 0 bridgehead atoms. The molecule has 1 saturated heterocycles. The van der Waals surface area contributed by atoms with Crippen molar-refractivity contribution in [2.75, 3.05) is 12.4 Å². The quantitative estimate of drug-likeness (QED) is 0.864. The highest BCUT2D eigenvalue weighted by atomic mass is 32.2. The molecule has 0 spiro atoms. The van der Waals surface area contributed by atoms with Gasteiger partial charge in [-0.1, -0.05) is 12.1 Å². The molecule has 1 atom stereocenters. The first-order valence-corrected chi connectivity index (χ1v) is 8.28. The lowest BCUT2D eigenvalue weighted by Gasteiger charge is -2.10. The zero-order valence-corrected chi connectivity index (χ0v) is 11.9. The van der Waals surface area contributed by atoms with Crippen molar-refractivity contribution in [3.63, 3.8) is 0 Å². The highest BCUT2D eigenvalue weighted by Crippen LogP contribution is 2.19. The fraction of sp³-hybridized carbons (Fsp3) is 0.500. The van der Waals surface area contributed by atoms with Crippen molar-refractivity contribution in [1.29, 1.82) is 0 Å². The standard InChI is InChI=1S/C14H18O5S/c15-14(16)10-11-3-5-13(6-4-11)20(17,18)9-7-12-2-1-8-19-12/h3-6,12H,1-2,7-10H2,(H,15,16). The van der Waals surface area contributed by atoms with Gasteiger partial charge < -0.3 is 9.84 Å². The van der Waals surface area contributed by atoms with Crippen LogP contribution in [0, 0.1) is 0 Å². The number of benzene rings is 1. The zero-order chi connectivity index (χ0) is 14.6. The molecule has 1 unspecified atom stereocenters. The van der Waals surface area contributed by atoms with Gasteiger partial charge >= 0.3 is 5.97 Å². The van der Waals surface area contributed by atoms with Crippen LogP contribution in [-0.2, 0) is 25.8 Å². The van der Waals surface area contributed by atoms with E-state index in [1.807, 2.05) is 0 Å². The minimum Gasteiger partial charge on any atom is -0.481 e. The summed E-state index contributed by atoms with van der Waals surface area (Å²) >= 11 is 0. The third-order valence-electron chi connectivity index (χ3n) is 3.37. The molecular weight excluding hydrogens is 280 g/mol. The van der Waals surface area contributed by atoms with E-state index < -0.39 is 15.8 Å². The van der Waals surface area contributed by atoms with Gasteiger partial charge in [0.25, 0.3) is 0 Å². The Bertz CT molecular complexity index is 556. The van der Waals surface area contributed by atoms with Crippen LogP contribution >= 0.6 is 0 Å². The van der Waals surface area contributed by atoms with Gasteiger partial charge in [0.15, 0.2) is 9.84 Å². The van der Waals surface area contributed by atoms with Gasteiger partial charge in [-0.05, 0) is 37.0 Å². The topological polar surface area (TPSA) is 80.7 Å². The molecule has 5 nitrogen and oxygen atoms in total. The Morgan fingerprint density at radius 2 is 2.00 bits per heavy atom. The first-order valence-electron chi connectivity index (χ1n) is 6.62. The van der Waals surface area contributed by atoms with E-state index in [2.05, 4.69) is 0 Å². The van der Waals surface area contributed by atoms with Crippen molar-refractivity contribution < 1.29 is 23.1 Å². The Balaban J connectivity index is 1.99. The van der Waals surface area contributed by atoms with Crippen LogP contribution in [0.2, 0.25) is 0 Å². The molecule has 0 aromatic heterocycles. The third-order valence-corrected chi connectivity index (χ3v) is 5.13. The predicted octanol–water partition coefficient (Wildman–Crippen LogP) is 1.66. The Labute approximate surface area is 118 Å². The minimum atomic E-state index is -3.32. The van der Waals surface area contributed by atoms with Crippen molar-refractivity contribution in [1.82, 2.24) is 0 Å². The molecule has 1 heterocycles. The van der Waals surface area contributed by atoms with Gasteiger partial charge in [-0.2, -0.15) is 0 Å².